The van der Waals surface area contributed by atoms with E-state index in [0.717, 1.165) is 0 Å². The molecule has 0 saturated carbocycles. The Morgan fingerprint density at radius 1 is 1.31 bits per heavy atom. The SMILES string of the molecule is CN1CN([C@@H]2O[C@H](COP(=O)(O)OP(=O)(O)O)[C@H]3OC(C)(CCC(=O)O)O[C@H]32)c2nc(N)[nH]c(=O)c21. The lowest BCUT2D eigenvalue weighted by Gasteiger charge is -2.31. The van der Waals surface area contributed by atoms with Gasteiger partial charge in [-0.05, 0) is 6.92 Å². The quantitative estimate of drug-likeness (QED) is 0.197. The highest BCUT2D eigenvalue weighted by molar-refractivity contribution is 7.60. The fraction of sp³-hybridized carbons (Fsp3) is 0.688. The van der Waals surface area contributed by atoms with E-state index in [9.17, 15) is 23.6 Å². The Kier molecular flexibility index (Phi) is 6.98. The normalized spacial score (nSPS) is 31.4. The maximum atomic E-state index is 12.4. The predicted molar refractivity (Wildman–Crippen MR) is 118 cm³/mol. The van der Waals surface area contributed by atoms with E-state index in [4.69, 9.17) is 39.4 Å². The van der Waals surface area contributed by atoms with Gasteiger partial charge in [0.25, 0.3) is 5.56 Å². The van der Waals surface area contributed by atoms with E-state index in [1.165, 1.54) is 6.92 Å². The van der Waals surface area contributed by atoms with Gasteiger partial charge in [-0.2, -0.15) is 9.29 Å². The molecular formula is C16H25N5O13P2. The van der Waals surface area contributed by atoms with Gasteiger partial charge >= 0.3 is 21.6 Å². The predicted octanol–water partition coefficient (Wildman–Crippen LogP) is -1.12. The first-order chi connectivity index (χ1) is 16.6. The molecular weight excluding hydrogens is 532 g/mol. The molecule has 36 heavy (non-hydrogen) atoms. The van der Waals surface area contributed by atoms with Crippen molar-refractivity contribution in [3.05, 3.63) is 10.4 Å². The lowest BCUT2D eigenvalue weighted by Crippen LogP contribution is -2.46. The number of aromatic nitrogens is 2. The zero-order valence-electron chi connectivity index (χ0n) is 18.9. The minimum absolute atomic E-state index is 0.0448. The van der Waals surface area contributed by atoms with Crippen LogP contribution in [-0.4, -0.2) is 86.4 Å². The minimum atomic E-state index is -5.35. The molecule has 2 saturated heterocycles. The molecule has 2 fully saturated rings. The first kappa shape index (κ1) is 26.9. The second-order valence-electron chi connectivity index (χ2n) is 8.53. The van der Waals surface area contributed by atoms with Crippen molar-refractivity contribution < 1.29 is 56.8 Å². The molecule has 1 aromatic rings. The third-order valence-electron chi connectivity index (χ3n) is 5.68. The number of nitrogen functional groups attached to an aromatic ring is 1. The zero-order valence-corrected chi connectivity index (χ0v) is 20.7. The number of carbonyl (C=O) groups is 1. The Labute approximate surface area is 202 Å². The molecule has 0 bridgehead atoms. The Bertz CT molecular complexity index is 1190. The standard InChI is InChI=1S/C16H25N5O13P2/c1-16(4-3-8(22)23)32-10-7(5-30-36(28,29)34-35(25,26)27)31-14(11(10)33-16)21-6-20(2)9-12(21)18-15(17)19-13(9)24/h7,10-11,14H,3-6H2,1-2H3,(H,22,23)(H,28,29)(H2,25,26,27)(H3,17,18,19,24)/t7-,10-,11-,14-,16?/m1/s1. The van der Waals surface area contributed by atoms with Crippen LogP contribution in [0.4, 0.5) is 17.5 Å². The summed E-state index contributed by atoms with van der Waals surface area (Å²) in [6.45, 7) is 0.901. The summed E-state index contributed by atoms with van der Waals surface area (Å²) in [5.41, 5.74) is 5.41. The number of aliphatic carboxylic acids is 1. The molecule has 1 aromatic heterocycles. The number of H-pyrrole nitrogens is 1. The number of fused-ring (bicyclic) bond motifs is 2. The maximum Gasteiger partial charge on any atom is 0.481 e. The Balaban J connectivity index is 1.61. The number of carboxylic acid groups (broad SMARTS) is 1. The molecule has 4 rings (SSSR count). The van der Waals surface area contributed by atoms with E-state index in [1.54, 1.807) is 16.8 Å². The summed E-state index contributed by atoms with van der Waals surface area (Å²) in [7, 11) is -8.92. The summed E-state index contributed by atoms with van der Waals surface area (Å²) in [5.74, 6) is -2.45. The Hall–Kier alpha value is -2.11. The molecule has 0 amide bonds. The number of phosphoric ester groups is 1. The highest BCUT2D eigenvalue weighted by Crippen LogP contribution is 2.58. The van der Waals surface area contributed by atoms with E-state index < -0.39 is 64.1 Å². The van der Waals surface area contributed by atoms with Gasteiger partial charge in [0, 0.05) is 13.5 Å². The van der Waals surface area contributed by atoms with Crippen molar-refractivity contribution in [2.24, 2.45) is 0 Å². The van der Waals surface area contributed by atoms with Gasteiger partial charge in [0.2, 0.25) is 5.95 Å². The number of anilines is 3. The van der Waals surface area contributed by atoms with Gasteiger partial charge in [-0.25, -0.2) is 9.13 Å². The Morgan fingerprint density at radius 2 is 1.97 bits per heavy atom. The minimum Gasteiger partial charge on any atom is -0.481 e. The molecule has 0 spiro atoms. The number of carboxylic acids is 1. The second kappa shape index (κ2) is 9.33. The number of rotatable bonds is 9. The summed E-state index contributed by atoms with van der Waals surface area (Å²) >= 11 is 0. The van der Waals surface area contributed by atoms with Crippen LogP contribution in [0.25, 0.3) is 0 Å². The van der Waals surface area contributed by atoms with Crippen LogP contribution in [0.15, 0.2) is 4.79 Å². The van der Waals surface area contributed by atoms with Gasteiger partial charge in [0.05, 0.1) is 19.7 Å². The molecule has 0 aliphatic carbocycles. The molecule has 20 heteroatoms. The van der Waals surface area contributed by atoms with Crippen LogP contribution in [0.3, 0.4) is 0 Å². The van der Waals surface area contributed by atoms with Crippen LogP contribution < -0.4 is 21.1 Å². The van der Waals surface area contributed by atoms with Crippen LogP contribution in [-0.2, 0) is 37.0 Å². The molecule has 0 aromatic carbocycles. The lowest BCUT2D eigenvalue weighted by atomic mass is 10.1. The third-order valence-corrected chi connectivity index (χ3v) is 7.83. The van der Waals surface area contributed by atoms with Crippen molar-refractivity contribution in [1.82, 2.24) is 9.97 Å². The van der Waals surface area contributed by atoms with E-state index in [-0.39, 0.29) is 37.0 Å². The van der Waals surface area contributed by atoms with Crippen molar-refractivity contribution in [1.29, 1.82) is 0 Å². The van der Waals surface area contributed by atoms with Crippen molar-refractivity contribution >= 4 is 39.1 Å². The summed E-state index contributed by atoms with van der Waals surface area (Å²) < 4.78 is 49.4. The van der Waals surface area contributed by atoms with Gasteiger partial charge in [-0.3, -0.25) is 19.1 Å². The third kappa shape index (κ3) is 5.57. The summed E-state index contributed by atoms with van der Waals surface area (Å²) in [4.78, 5) is 60.5. The number of phosphoric acid groups is 2. The lowest BCUT2D eigenvalue weighted by molar-refractivity contribution is -0.205. The number of aromatic amines is 1. The average Bonchev–Trinajstić information content (AvgIpc) is 3.33. The number of nitrogens with one attached hydrogen (secondary N) is 1. The molecule has 202 valence electrons. The molecule has 3 aliphatic rings. The molecule has 7 N–H and O–H groups in total. The molecule has 18 nitrogen and oxygen atoms in total. The largest absolute Gasteiger partial charge is 0.481 e. The molecule has 2 unspecified atom stereocenters. The summed E-state index contributed by atoms with van der Waals surface area (Å²) in [6, 6.07) is 0. The molecule has 4 heterocycles. The number of nitrogens with zero attached hydrogens (tertiary/aromatic N) is 3. The fourth-order valence-corrected chi connectivity index (χ4v) is 5.92. The van der Waals surface area contributed by atoms with Gasteiger partial charge < -0.3 is 49.5 Å². The highest BCUT2D eigenvalue weighted by atomic mass is 31.3. The van der Waals surface area contributed by atoms with Crippen molar-refractivity contribution in [3.8, 4) is 0 Å². The van der Waals surface area contributed by atoms with Crippen LogP contribution >= 0.6 is 15.6 Å². The number of hydrogen-bond acceptors (Lipinski definition) is 13. The fourth-order valence-electron chi connectivity index (χ4n) is 4.33. The van der Waals surface area contributed by atoms with Gasteiger partial charge in [-0.1, -0.05) is 0 Å². The highest BCUT2D eigenvalue weighted by Gasteiger charge is 2.59. The molecule has 6 atom stereocenters. The van der Waals surface area contributed by atoms with Crippen molar-refractivity contribution in [3.63, 3.8) is 0 Å². The molecule has 3 aliphatic heterocycles. The number of nitrogens with two attached hydrogens (primary N) is 1. The summed E-state index contributed by atoms with van der Waals surface area (Å²) in [6.07, 6.45) is -4.36. The first-order valence-electron chi connectivity index (χ1n) is 10.4. The smallest absolute Gasteiger partial charge is 0.481 e. The van der Waals surface area contributed by atoms with Crippen LogP contribution in [0.1, 0.15) is 19.8 Å². The van der Waals surface area contributed by atoms with Gasteiger partial charge in [-0.15, -0.1) is 0 Å². The first-order valence-corrected chi connectivity index (χ1v) is 13.4. The zero-order chi connectivity index (χ0) is 26.6. The van der Waals surface area contributed by atoms with Crippen LogP contribution in [0.2, 0.25) is 0 Å². The number of hydrogen-bond donors (Lipinski definition) is 6. The van der Waals surface area contributed by atoms with Crippen LogP contribution in [0.5, 0.6) is 0 Å². The van der Waals surface area contributed by atoms with E-state index in [1.807, 2.05) is 0 Å². The van der Waals surface area contributed by atoms with E-state index in [0.29, 0.717) is 0 Å². The van der Waals surface area contributed by atoms with E-state index in [2.05, 4.69) is 14.3 Å². The van der Waals surface area contributed by atoms with Gasteiger partial charge in [0.15, 0.2) is 17.8 Å². The summed E-state index contributed by atoms with van der Waals surface area (Å²) in [5, 5.41) is 9.07. The molecule has 0 radical (unpaired) electrons. The van der Waals surface area contributed by atoms with Gasteiger partial charge in [0.1, 0.15) is 24.0 Å². The topological polar surface area (TPSA) is 257 Å². The van der Waals surface area contributed by atoms with Crippen molar-refractivity contribution in [2.75, 3.05) is 35.9 Å². The second-order valence-corrected chi connectivity index (χ2v) is 11.4. The van der Waals surface area contributed by atoms with Crippen LogP contribution in [0, 0.1) is 0 Å². The monoisotopic (exact) mass is 557 g/mol. The average molecular weight is 557 g/mol. The maximum absolute atomic E-state index is 12.4. The van der Waals surface area contributed by atoms with E-state index >= 15 is 0 Å². The Morgan fingerprint density at radius 3 is 2.61 bits per heavy atom. The van der Waals surface area contributed by atoms with Crippen molar-refractivity contribution in [2.45, 2.75) is 50.1 Å². The number of ether oxygens (including phenoxy) is 3.